The van der Waals surface area contributed by atoms with Gasteiger partial charge in [0.05, 0.1) is 18.4 Å². The number of benzene rings is 2. The molecule has 0 unspecified atom stereocenters. The van der Waals surface area contributed by atoms with E-state index in [-0.39, 0.29) is 18.6 Å². The second kappa shape index (κ2) is 9.86. The minimum atomic E-state index is -0.878. The number of hydrogen-bond acceptors (Lipinski definition) is 8. The van der Waals surface area contributed by atoms with Crippen LogP contribution < -0.4 is 20.9 Å². The van der Waals surface area contributed by atoms with Crippen molar-refractivity contribution in [2.24, 2.45) is 5.92 Å². The number of rotatable bonds is 6. The van der Waals surface area contributed by atoms with Crippen LogP contribution in [0.1, 0.15) is 30.2 Å². The van der Waals surface area contributed by atoms with Gasteiger partial charge in [0.25, 0.3) is 0 Å². The fraction of sp³-hybridized carbons (Fsp3) is 0.269. The van der Waals surface area contributed by atoms with Crippen LogP contribution in [0.25, 0.3) is 5.78 Å². The molecule has 2 aromatic carbocycles. The number of hydrogen-bond donors (Lipinski definition) is 1. The molecule has 37 heavy (non-hydrogen) atoms. The number of aromatic nitrogens is 4. The van der Waals surface area contributed by atoms with Crippen molar-refractivity contribution in [2.75, 3.05) is 0 Å². The molecule has 4 aromatic rings. The fourth-order valence-corrected chi connectivity index (χ4v) is 4.24. The van der Waals surface area contributed by atoms with Crippen molar-refractivity contribution >= 4 is 17.7 Å². The van der Waals surface area contributed by atoms with E-state index in [1.165, 1.54) is 17.0 Å². The molecule has 0 aliphatic carbocycles. The lowest BCUT2D eigenvalue weighted by molar-refractivity contribution is -0.144. The molecule has 1 saturated heterocycles. The van der Waals surface area contributed by atoms with Gasteiger partial charge in [-0.1, -0.05) is 35.4 Å². The summed E-state index contributed by atoms with van der Waals surface area (Å²) in [7, 11) is 0. The van der Waals surface area contributed by atoms with E-state index in [4.69, 9.17) is 14.2 Å². The van der Waals surface area contributed by atoms with E-state index in [2.05, 4.69) is 9.97 Å². The predicted molar refractivity (Wildman–Crippen MR) is 130 cm³/mol. The van der Waals surface area contributed by atoms with Gasteiger partial charge in [-0.25, -0.2) is 14.0 Å². The van der Waals surface area contributed by atoms with Gasteiger partial charge in [0.15, 0.2) is 0 Å². The van der Waals surface area contributed by atoms with Gasteiger partial charge in [-0.15, -0.1) is 0 Å². The smallest absolute Gasteiger partial charge is 0.352 e. The van der Waals surface area contributed by atoms with Crippen molar-refractivity contribution in [1.29, 1.82) is 0 Å². The lowest BCUT2D eigenvalue weighted by atomic mass is 9.98. The summed E-state index contributed by atoms with van der Waals surface area (Å²) >= 11 is 0. The molecule has 0 amide bonds. The highest BCUT2D eigenvalue weighted by Gasteiger charge is 2.43. The second-order valence-corrected chi connectivity index (χ2v) is 8.92. The number of imidazole rings is 1. The molecular weight excluding hydrogens is 480 g/mol. The monoisotopic (exact) mass is 504 g/mol. The van der Waals surface area contributed by atoms with Gasteiger partial charge in [-0.3, -0.25) is 19.1 Å². The van der Waals surface area contributed by atoms with Crippen LogP contribution in [0.4, 0.5) is 0 Å². The van der Waals surface area contributed by atoms with Gasteiger partial charge in [0.1, 0.15) is 17.7 Å². The van der Waals surface area contributed by atoms with Crippen LogP contribution in [-0.2, 0) is 14.3 Å². The van der Waals surface area contributed by atoms with Gasteiger partial charge in [0, 0.05) is 18.8 Å². The maximum Gasteiger partial charge on any atom is 0.352 e. The second-order valence-electron chi connectivity index (χ2n) is 8.92. The molecule has 3 atom stereocenters. The first kappa shape index (κ1) is 24.2. The number of aromatic amines is 1. The minimum Gasteiger partial charge on any atom is -0.426 e. The van der Waals surface area contributed by atoms with Crippen LogP contribution in [0.5, 0.6) is 11.5 Å². The Hall–Kier alpha value is -4.51. The number of carbonyl (C=O) groups is 2. The third kappa shape index (κ3) is 5.21. The molecule has 0 spiro atoms. The summed E-state index contributed by atoms with van der Waals surface area (Å²) in [6.07, 6.45) is 1.20. The number of fused-ring (bicyclic) bond motifs is 1. The maximum atomic E-state index is 13.2. The predicted octanol–water partition coefficient (Wildman–Crippen LogP) is 2.31. The van der Waals surface area contributed by atoms with Crippen molar-refractivity contribution in [3.05, 3.63) is 93.0 Å². The minimum absolute atomic E-state index is 0.0484. The van der Waals surface area contributed by atoms with E-state index in [9.17, 15) is 19.2 Å². The standard InChI is InChI=1S/C26H24N4O7/c1-15-3-7-17(8-4-15)35-22(31)14-20-19(23(32)36-18-9-5-16(2)6-10-18)13-21(37-20)29-11-12-30-25(29)27-24(33)28-26(30)34/h3-12,19-21H,13-14H2,1-2H3,(H,28,33,34)/t19-,20+,21+/m0/s1. The van der Waals surface area contributed by atoms with Crippen molar-refractivity contribution in [2.45, 2.75) is 39.0 Å². The molecule has 190 valence electrons. The summed E-state index contributed by atoms with van der Waals surface area (Å²) < 4.78 is 19.8. The molecule has 1 aliphatic heterocycles. The van der Waals surface area contributed by atoms with Crippen molar-refractivity contribution < 1.29 is 23.8 Å². The molecule has 0 radical (unpaired) electrons. The quantitative estimate of drug-likeness (QED) is 0.312. The van der Waals surface area contributed by atoms with Gasteiger partial charge in [-0.05, 0) is 38.1 Å². The molecule has 1 aliphatic rings. The summed E-state index contributed by atoms with van der Waals surface area (Å²) in [5, 5.41) is 0. The van der Waals surface area contributed by atoms with Crippen LogP contribution >= 0.6 is 0 Å². The fourth-order valence-electron chi connectivity index (χ4n) is 4.24. The Morgan fingerprint density at radius 3 is 2.24 bits per heavy atom. The first-order valence-electron chi connectivity index (χ1n) is 11.7. The largest absolute Gasteiger partial charge is 0.426 e. The van der Waals surface area contributed by atoms with E-state index < -0.39 is 41.6 Å². The van der Waals surface area contributed by atoms with Crippen LogP contribution in [0.2, 0.25) is 0 Å². The Bertz CT molecular complexity index is 1570. The molecule has 0 saturated carbocycles. The first-order valence-corrected chi connectivity index (χ1v) is 11.7. The topological polar surface area (TPSA) is 134 Å². The lowest BCUT2D eigenvalue weighted by Gasteiger charge is -2.17. The van der Waals surface area contributed by atoms with Crippen LogP contribution in [0.15, 0.2) is 70.5 Å². The highest BCUT2D eigenvalue weighted by Crippen LogP contribution is 2.37. The van der Waals surface area contributed by atoms with E-state index in [1.54, 1.807) is 24.3 Å². The van der Waals surface area contributed by atoms with Crippen LogP contribution in [0.3, 0.4) is 0 Å². The van der Waals surface area contributed by atoms with Crippen molar-refractivity contribution in [3.63, 3.8) is 0 Å². The van der Waals surface area contributed by atoms with Crippen molar-refractivity contribution in [3.8, 4) is 11.5 Å². The van der Waals surface area contributed by atoms with Gasteiger partial charge in [-0.2, -0.15) is 4.98 Å². The van der Waals surface area contributed by atoms with E-state index in [1.807, 2.05) is 38.1 Å². The zero-order valence-electron chi connectivity index (χ0n) is 20.1. The van der Waals surface area contributed by atoms with Gasteiger partial charge in [0.2, 0.25) is 5.78 Å². The summed E-state index contributed by atoms with van der Waals surface area (Å²) in [5.41, 5.74) is 0.570. The van der Waals surface area contributed by atoms with Gasteiger partial charge >= 0.3 is 23.3 Å². The molecule has 0 bridgehead atoms. The number of nitrogens with one attached hydrogen (secondary N) is 1. The summed E-state index contributed by atoms with van der Waals surface area (Å²) in [4.78, 5) is 55.8. The number of esters is 2. The third-order valence-corrected chi connectivity index (χ3v) is 6.17. The average Bonchev–Trinajstić information content (AvgIpc) is 3.46. The molecular formula is C26H24N4O7. The Kier molecular flexibility index (Phi) is 6.45. The Morgan fingerprint density at radius 1 is 0.973 bits per heavy atom. The highest BCUT2D eigenvalue weighted by atomic mass is 16.6. The number of aryl methyl sites for hydroxylation is 2. The number of H-pyrrole nitrogens is 1. The molecule has 1 fully saturated rings. The zero-order chi connectivity index (χ0) is 26.1. The van der Waals surface area contributed by atoms with E-state index in [0.717, 1.165) is 15.5 Å². The summed E-state index contributed by atoms with van der Waals surface area (Å²) in [6.45, 7) is 3.84. The Balaban J connectivity index is 1.40. The third-order valence-electron chi connectivity index (χ3n) is 6.17. The SMILES string of the molecule is Cc1ccc(OC(=O)C[C@H]2O[C@@H](n3ccn4c(=O)[nH]c(=O)nc34)C[C@@H]2C(=O)Oc2ccc(C)cc2)cc1. The maximum absolute atomic E-state index is 13.2. The molecule has 11 heteroatoms. The molecule has 5 rings (SSSR count). The lowest BCUT2D eigenvalue weighted by Crippen LogP contribution is -2.31. The van der Waals surface area contributed by atoms with Gasteiger partial charge < -0.3 is 14.2 Å². The van der Waals surface area contributed by atoms with E-state index in [0.29, 0.717) is 11.5 Å². The normalized spacial score (nSPS) is 19.1. The number of ether oxygens (including phenoxy) is 3. The average molecular weight is 504 g/mol. The van der Waals surface area contributed by atoms with Crippen LogP contribution in [-0.4, -0.2) is 37.0 Å². The van der Waals surface area contributed by atoms with Crippen molar-refractivity contribution in [1.82, 2.24) is 18.9 Å². The molecule has 2 aromatic heterocycles. The zero-order valence-corrected chi connectivity index (χ0v) is 20.1. The summed E-state index contributed by atoms with van der Waals surface area (Å²) in [5.74, 6) is -1.18. The Labute approximate surface area is 210 Å². The molecule has 11 nitrogen and oxygen atoms in total. The highest BCUT2D eigenvalue weighted by molar-refractivity contribution is 5.78. The number of nitrogens with zero attached hydrogens (tertiary/aromatic N) is 3. The first-order chi connectivity index (χ1) is 17.8. The number of carbonyl (C=O) groups excluding carboxylic acids is 2. The molecule has 1 N–H and O–H groups in total. The molecule has 3 heterocycles. The summed E-state index contributed by atoms with van der Waals surface area (Å²) in [6, 6.07) is 14.0. The van der Waals surface area contributed by atoms with E-state index >= 15 is 0 Å². The van der Waals surface area contributed by atoms with Crippen LogP contribution in [0, 0.1) is 19.8 Å². The Morgan fingerprint density at radius 2 is 1.59 bits per heavy atom.